The number of nitrogens with zero attached hydrogens (tertiary/aromatic N) is 5. The van der Waals surface area contributed by atoms with Crippen LogP contribution < -0.4 is 16.6 Å². The Bertz CT molecular complexity index is 1190. The number of hydrogen-bond donors (Lipinski definition) is 1. The zero-order chi connectivity index (χ0) is 22.0. The van der Waals surface area contributed by atoms with Gasteiger partial charge in [-0.15, -0.1) is 0 Å². The number of aromatic nitrogens is 4. The molecule has 4 rings (SSSR count). The van der Waals surface area contributed by atoms with Crippen molar-refractivity contribution in [3.63, 3.8) is 0 Å². The number of aryl methyl sites for hydroxylation is 2. The fourth-order valence-corrected chi connectivity index (χ4v) is 4.21. The maximum absolute atomic E-state index is 12.5. The summed E-state index contributed by atoms with van der Waals surface area (Å²) < 4.78 is 4.16. The molecule has 2 aromatic heterocycles. The number of imidazole rings is 1. The van der Waals surface area contributed by atoms with E-state index in [1.807, 2.05) is 18.2 Å². The van der Waals surface area contributed by atoms with Crippen molar-refractivity contribution in [2.45, 2.75) is 38.4 Å². The van der Waals surface area contributed by atoms with Crippen molar-refractivity contribution in [1.82, 2.24) is 28.9 Å². The highest BCUT2D eigenvalue weighted by molar-refractivity contribution is 5.76. The molecule has 3 aromatic rings. The van der Waals surface area contributed by atoms with Gasteiger partial charge in [0, 0.05) is 52.7 Å². The summed E-state index contributed by atoms with van der Waals surface area (Å²) in [5.74, 6) is 0.0243. The summed E-state index contributed by atoms with van der Waals surface area (Å²) in [5, 5.41) is 3.13. The molecule has 1 saturated heterocycles. The first-order valence-electron chi connectivity index (χ1n) is 10.6. The molecule has 3 heterocycles. The number of nitrogens with one attached hydrogen (secondary N) is 1. The van der Waals surface area contributed by atoms with E-state index in [1.165, 1.54) is 17.2 Å². The van der Waals surface area contributed by atoms with Crippen LogP contribution in [-0.2, 0) is 32.0 Å². The molecule has 9 heteroatoms. The predicted molar refractivity (Wildman–Crippen MR) is 118 cm³/mol. The summed E-state index contributed by atoms with van der Waals surface area (Å²) in [7, 11) is 3.05. The number of benzene rings is 1. The topological polar surface area (TPSA) is 94.2 Å². The highest BCUT2D eigenvalue weighted by Gasteiger charge is 2.23. The fourth-order valence-electron chi connectivity index (χ4n) is 4.21. The Morgan fingerprint density at radius 3 is 2.71 bits per heavy atom. The van der Waals surface area contributed by atoms with E-state index in [0.717, 1.165) is 30.6 Å². The molecule has 1 N–H and O–H groups in total. The van der Waals surface area contributed by atoms with Gasteiger partial charge in [0.25, 0.3) is 5.56 Å². The van der Waals surface area contributed by atoms with Gasteiger partial charge in [0.05, 0.1) is 6.33 Å². The van der Waals surface area contributed by atoms with E-state index in [0.29, 0.717) is 30.6 Å². The van der Waals surface area contributed by atoms with Gasteiger partial charge in [0.2, 0.25) is 5.91 Å². The van der Waals surface area contributed by atoms with Gasteiger partial charge in [0.1, 0.15) is 0 Å². The summed E-state index contributed by atoms with van der Waals surface area (Å²) in [6, 6.07) is 10.5. The molecule has 164 valence electrons. The van der Waals surface area contributed by atoms with Gasteiger partial charge >= 0.3 is 5.69 Å². The Labute approximate surface area is 179 Å². The molecule has 0 bridgehead atoms. The monoisotopic (exact) mass is 424 g/mol. The first-order chi connectivity index (χ1) is 14.9. The van der Waals surface area contributed by atoms with Crippen LogP contribution in [0.5, 0.6) is 0 Å². The molecule has 9 nitrogen and oxygen atoms in total. The second kappa shape index (κ2) is 8.89. The SMILES string of the molecule is Cn1c(=O)c2c(ncn2CCCC(=O)N[C@H]2CCN(Cc3ccccc3)C2)n(C)c1=O. The molecule has 0 saturated carbocycles. The first-order valence-corrected chi connectivity index (χ1v) is 10.6. The van der Waals surface area contributed by atoms with E-state index >= 15 is 0 Å². The fraction of sp³-hybridized carbons (Fsp3) is 0.455. The van der Waals surface area contributed by atoms with E-state index in [2.05, 4.69) is 27.3 Å². The van der Waals surface area contributed by atoms with E-state index < -0.39 is 5.69 Å². The van der Waals surface area contributed by atoms with Gasteiger partial charge in [-0.2, -0.15) is 0 Å². The van der Waals surface area contributed by atoms with Crippen LogP contribution >= 0.6 is 0 Å². The molecule has 0 aliphatic carbocycles. The normalized spacial score (nSPS) is 16.8. The van der Waals surface area contributed by atoms with Crippen molar-refractivity contribution in [2.24, 2.45) is 14.1 Å². The zero-order valence-electron chi connectivity index (χ0n) is 18.0. The van der Waals surface area contributed by atoms with Crippen LogP contribution in [0.15, 0.2) is 46.2 Å². The van der Waals surface area contributed by atoms with Crippen molar-refractivity contribution in [3.05, 3.63) is 63.1 Å². The molecule has 1 fully saturated rings. The second-order valence-electron chi connectivity index (χ2n) is 8.19. The number of rotatable bonds is 7. The van der Waals surface area contributed by atoms with Crippen LogP contribution in [0.4, 0.5) is 0 Å². The molecule has 31 heavy (non-hydrogen) atoms. The smallest absolute Gasteiger partial charge is 0.332 e. The summed E-state index contributed by atoms with van der Waals surface area (Å²) in [6.07, 6.45) is 3.47. The molecule has 1 aliphatic rings. The molecule has 1 amide bonds. The van der Waals surface area contributed by atoms with Crippen molar-refractivity contribution in [1.29, 1.82) is 0 Å². The predicted octanol–water partition coefficient (Wildman–Crippen LogP) is 0.605. The van der Waals surface area contributed by atoms with Gasteiger partial charge in [-0.1, -0.05) is 30.3 Å². The maximum Gasteiger partial charge on any atom is 0.332 e. The maximum atomic E-state index is 12.5. The average Bonchev–Trinajstić information content (AvgIpc) is 3.38. The number of likely N-dealkylation sites (tertiary alicyclic amines) is 1. The van der Waals surface area contributed by atoms with Crippen molar-refractivity contribution < 1.29 is 4.79 Å². The first kappa shape index (κ1) is 21.0. The average molecular weight is 425 g/mol. The van der Waals surface area contributed by atoms with Crippen LogP contribution in [0.3, 0.4) is 0 Å². The molecular weight excluding hydrogens is 396 g/mol. The Kier molecular flexibility index (Phi) is 6.03. The molecule has 0 spiro atoms. The van der Waals surface area contributed by atoms with Crippen LogP contribution in [0.2, 0.25) is 0 Å². The molecule has 1 aromatic carbocycles. The van der Waals surface area contributed by atoms with Crippen LogP contribution in [-0.4, -0.2) is 48.6 Å². The van der Waals surface area contributed by atoms with Gasteiger partial charge in [-0.3, -0.25) is 23.6 Å². The Hall–Kier alpha value is -3.20. The minimum absolute atomic E-state index is 0.0243. The van der Waals surface area contributed by atoms with E-state index in [1.54, 1.807) is 17.9 Å². The van der Waals surface area contributed by atoms with E-state index in [9.17, 15) is 14.4 Å². The lowest BCUT2D eigenvalue weighted by Crippen LogP contribution is -2.37. The highest BCUT2D eigenvalue weighted by Crippen LogP contribution is 2.14. The lowest BCUT2D eigenvalue weighted by atomic mass is 10.2. The van der Waals surface area contributed by atoms with Crippen LogP contribution in [0, 0.1) is 0 Å². The Morgan fingerprint density at radius 2 is 1.94 bits per heavy atom. The number of amides is 1. The summed E-state index contributed by atoms with van der Waals surface area (Å²) in [6.45, 7) is 3.22. The lowest BCUT2D eigenvalue weighted by Gasteiger charge is -2.17. The summed E-state index contributed by atoms with van der Waals surface area (Å²) in [5.41, 5.74) is 1.26. The summed E-state index contributed by atoms with van der Waals surface area (Å²) in [4.78, 5) is 43.5. The van der Waals surface area contributed by atoms with Gasteiger partial charge in [-0.25, -0.2) is 9.78 Å². The third-order valence-electron chi connectivity index (χ3n) is 5.91. The van der Waals surface area contributed by atoms with E-state index in [4.69, 9.17) is 0 Å². The largest absolute Gasteiger partial charge is 0.352 e. The number of carbonyl (C=O) groups excluding carboxylic acids is 1. The Morgan fingerprint density at radius 1 is 1.16 bits per heavy atom. The molecule has 0 radical (unpaired) electrons. The number of carbonyl (C=O) groups is 1. The van der Waals surface area contributed by atoms with Crippen molar-refractivity contribution in [3.8, 4) is 0 Å². The standard InChI is InChI=1S/C22H28N6O3/c1-25-20-19(21(30)26(2)22(25)31)28(15-23-20)11-6-9-18(29)24-17-10-12-27(14-17)13-16-7-4-3-5-8-16/h3-5,7-8,15,17H,6,9-14H2,1-2H3,(H,24,29)/t17-/m0/s1. The lowest BCUT2D eigenvalue weighted by molar-refractivity contribution is -0.121. The molecular formula is C22H28N6O3. The van der Waals surface area contributed by atoms with Crippen molar-refractivity contribution in [2.75, 3.05) is 13.1 Å². The Balaban J connectivity index is 1.28. The van der Waals surface area contributed by atoms with E-state index in [-0.39, 0.29) is 17.5 Å². The number of fused-ring (bicyclic) bond motifs is 1. The van der Waals surface area contributed by atoms with Gasteiger partial charge in [-0.05, 0) is 18.4 Å². The molecule has 1 atom stereocenters. The van der Waals surface area contributed by atoms with Crippen molar-refractivity contribution >= 4 is 17.1 Å². The number of hydrogen-bond acceptors (Lipinski definition) is 5. The second-order valence-corrected chi connectivity index (χ2v) is 8.19. The molecule has 1 aliphatic heterocycles. The van der Waals surface area contributed by atoms with Gasteiger partial charge in [0.15, 0.2) is 11.2 Å². The quantitative estimate of drug-likeness (QED) is 0.600. The zero-order valence-corrected chi connectivity index (χ0v) is 18.0. The van der Waals surface area contributed by atoms with Crippen LogP contribution in [0.25, 0.3) is 11.2 Å². The third kappa shape index (κ3) is 4.46. The minimum atomic E-state index is -0.403. The molecule has 0 unspecified atom stereocenters. The summed E-state index contributed by atoms with van der Waals surface area (Å²) >= 11 is 0. The minimum Gasteiger partial charge on any atom is -0.352 e. The third-order valence-corrected chi connectivity index (χ3v) is 5.91. The van der Waals surface area contributed by atoms with Gasteiger partial charge < -0.3 is 9.88 Å². The van der Waals surface area contributed by atoms with Crippen LogP contribution in [0.1, 0.15) is 24.8 Å². The highest BCUT2D eigenvalue weighted by atomic mass is 16.2.